The van der Waals surface area contributed by atoms with E-state index in [2.05, 4.69) is 34.8 Å². The Kier molecular flexibility index (Phi) is 6.68. The van der Waals surface area contributed by atoms with E-state index in [0.717, 1.165) is 36.9 Å². The molecule has 0 bridgehead atoms. The number of aliphatic hydroxyl groups is 1. The summed E-state index contributed by atoms with van der Waals surface area (Å²) in [6, 6.07) is 16.2. The fourth-order valence-electron chi connectivity index (χ4n) is 5.76. The Bertz CT molecular complexity index is 1220. The summed E-state index contributed by atoms with van der Waals surface area (Å²) >= 11 is 0. The Labute approximate surface area is 204 Å². The van der Waals surface area contributed by atoms with Crippen LogP contribution in [0.5, 0.6) is 0 Å². The van der Waals surface area contributed by atoms with Crippen molar-refractivity contribution in [2.45, 2.75) is 44.6 Å². The van der Waals surface area contributed by atoms with Crippen LogP contribution in [-0.4, -0.2) is 34.1 Å². The number of hydrogen-bond donors (Lipinski definition) is 3. The number of fused-ring (bicyclic) bond motifs is 1. The van der Waals surface area contributed by atoms with Gasteiger partial charge in [0, 0.05) is 24.4 Å². The summed E-state index contributed by atoms with van der Waals surface area (Å²) in [6.07, 6.45) is 5.73. The molecule has 182 valence electrons. The summed E-state index contributed by atoms with van der Waals surface area (Å²) in [6.45, 7) is 2.39. The van der Waals surface area contributed by atoms with Crippen molar-refractivity contribution in [2.75, 3.05) is 13.2 Å². The first-order valence-electron chi connectivity index (χ1n) is 12.3. The zero-order valence-electron chi connectivity index (χ0n) is 19.9. The van der Waals surface area contributed by atoms with E-state index in [9.17, 15) is 9.18 Å². The maximum Gasteiger partial charge on any atom is 0.315 e. The van der Waals surface area contributed by atoms with Crippen molar-refractivity contribution in [3.05, 3.63) is 94.6 Å². The molecule has 3 aromatic rings. The number of carbonyl (C=O) groups is 1. The van der Waals surface area contributed by atoms with Crippen molar-refractivity contribution in [3.8, 4) is 5.69 Å². The van der Waals surface area contributed by atoms with Gasteiger partial charge in [0.05, 0.1) is 30.2 Å². The second kappa shape index (κ2) is 10.0. The third kappa shape index (κ3) is 4.73. The van der Waals surface area contributed by atoms with Crippen LogP contribution in [0.15, 0.2) is 71.9 Å². The van der Waals surface area contributed by atoms with Crippen molar-refractivity contribution in [1.82, 2.24) is 20.4 Å². The lowest BCUT2D eigenvalue weighted by molar-refractivity contribution is 0.228. The van der Waals surface area contributed by atoms with Crippen LogP contribution in [0.25, 0.3) is 5.69 Å². The first kappa shape index (κ1) is 23.3. The number of carbonyl (C=O) groups excluding carboxylic acids is 1. The zero-order chi connectivity index (χ0) is 24.4. The van der Waals surface area contributed by atoms with Gasteiger partial charge in [-0.3, -0.25) is 0 Å². The maximum absolute atomic E-state index is 13.4. The third-order valence-corrected chi connectivity index (χ3v) is 7.35. The number of nitrogens with one attached hydrogen (secondary N) is 2. The molecule has 7 heteroatoms. The highest BCUT2D eigenvalue weighted by Gasteiger charge is 2.37. The van der Waals surface area contributed by atoms with Crippen LogP contribution >= 0.6 is 0 Å². The molecule has 1 heterocycles. The average Bonchev–Trinajstić information content (AvgIpc) is 3.48. The van der Waals surface area contributed by atoms with Crippen LogP contribution in [0, 0.1) is 11.7 Å². The minimum Gasteiger partial charge on any atom is -0.395 e. The molecule has 0 saturated carbocycles. The summed E-state index contributed by atoms with van der Waals surface area (Å²) in [5.74, 6) is 0.360. The Morgan fingerprint density at radius 2 is 1.97 bits per heavy atom. The molecule has 0 fully saturated rings. The predicted molar refractivity (Wildman–Crippen MR) is 133 cm³/mol. The van der Waals surface area contributed by atoms with E-state index >= 15 is 0 Å². The van der Waals surface area contributed by atoms with Crippen molar-refractivity contribution in [1.29, 1.82) is 0 Å². The number of allylic oxidation sites excluding steroid dienone is 2. The number of rotatable bonds is 7. The molecule has 2 aliphatic rings. The number of amides is 2. The zero-order valence-corrected chi connectivity index (χ0v) is 19.9. The smallest absolute Gasteiger partial charge is 0.315 e. The molecule has 6 nitrogen and oxygen atoms in total. The Balaban J connectivity index is 1.38. The third-order valence-electron chi connectivity index (χ3n) is 7.35. The van der Waals surface area contributed by atoms with Crippen molar-refractivity contribution < 1.29 is 14.3 Å². The topological polar surface area (TPSA) is 79.2 Å². The lowest BCUT2D eigenvalue weighted by Gasteiger charge is -2.30. The molecule has 5 rings (SSSR count). The Hall–Kier alpha value is -3.45. The molecule has 2 amide bonds. The predicted octanol–water partition coefficient (Wildman–Crippen LogP) is 4.80. The fraction of sp³-hybridized carbons (Fsp3) is 0.357. The largest absolute Gasteiger partial charge is 0.395 e. The molecule has 2 aliphatic carbocycles. The quantitative estimate of drug-likeness (QED) is 0.431. The highest BCUT2D eigenvalue weighted by atomic mass is 19.1. The Morgan fingerprint density at radius 1 is 1.20 bits per heavy atom. The van der Waals surface area contributed by atoms with E-state index in [4.69, 9.17) is 5.11 Å². The van der Waals surface area contributed by atoms with Gasteiger partial charge in [-0.2, -0.15) is 5.10 Å². The van der Waals surface area contributed by atoms with Gasteiger partial charge in [-0.25, -0.2) is 13.9 Å². The fourth-order valence-corrected chi connectivity index (χ4v) is 5.76. The molecule has 35 heavy (non-hydrogen) atoms. The molecular formula is C28H31FN4O2. The van der Waals surface area contributed by atoms with E-state index in [0.29, 0.717) is 5.92 Å². The number of aliphatic hydroxyl groups excluding tert-OH is 1. The number of urea groups is 1. The monoisotopic (exact) mass is 474 g/mol. The molecule has 1 aromatic heterocycles. The second-order valence-electron chi connectivity index (χ2n) is 9.45. The SMILES string of the molecule is C[C@@H]1C2=C(CC[C@@H]2CC(NC(=O)NCCO)c2ccccc2)Cc2c1cnn2-c1ccc(F)cc1. The minimum absolute atomic E-state index is 0.0895. The van der Waals surface area contributed by atoms with Crippen molar-refractivity contribution in [2.24, 2.45) is 5.92 Å². The van der Waals surface area contributed by atoms with Crippen LogP contribution < -0.4 is 10.6 Å². The average molecular weight is 475 g/mol. The van der Waals surface area contributed by atoms with Gasteiger partial charge in [-0.1, -0.05) is 48.4 Å². The summed E-state index contributed by atoms with van der Waals surface area (Å²) in [5, 5.41) is 19.5. The highest BCUT2D eigenvalue weighted by Crippen LogP contribution is 2.49. The van der Waals surface area contributed by atoms with Gasteiger partial charge >= 0.3 is 6.03 Å². The van der Waals surface area contributed by atoms with Gasteiger partial charge in [0.2, 0.25) is 0 Å². The van der Waals surface area contributed by atoms with Gasteiger partial charge in [-0.05, 0) is 55.0 Å². The van der Waals surface area contributed by atoms with Crippen LogP contribution in [0.2, 0.25) is 0 Å². The van der Waals surface area contributed by atoms with Gasteiger partial charge in [0.1, 0.15) is 5.82 Å². The number of aromatic nitrogens is 2. The van der Waals surface area contributed by atoms with Crippen molar-refractivity contribution >= 4 is 6.03 Å². The van der Waals surface area contributed by atoms with E-state index in [1.165, 1.54) is 34.5 Å². The van der Waals surface area contributed by atoms with Crippen LogP contribution in [0.4, 0.5) is 9.18 Å². The second-order valence-corrected chi connectivity index (χ2v) is 9.45. The minimum atomic E-state index is -0.264. The van der Waals surface area contributed by atoms with Gasteiger partial charge in [-0.15, -0.1) is 0 Å². The van der Waals surface area contributed by atoms with Crippen molar-refractivity contribution in [3.63, 3.8) is 0 Å². The number of benzene rings is 2. The molecule has 3 N–H and O–H groups in total. The summed E-state index contributed by atoms with van der Waals surface area (Å²) < 4.78 is 15.4. The molecule has 0 radical (unpaired) electrons. The molecule has 1 unspecified atom stereocenters. The lowest BCUT2D eigenvalue weighted by Crippen LogP contribution is -2.39. The number of halogens is 1. The molecule has 0 spiro atoms. The molecule has 0 saturated heterocycles. The molecule has 2 aromatic carbocycles. The molecule has 0 aliphatic heterocycles. The first-order valence-corrected chi connectivity index (χ1v) is 12.3. The van der Waals surface area contributed by atoms with Gasteiger partial charge in [0.25, 0.3) is 0 Å². The van der Waals surface area contributed by atoms with Gasteiger partial charge in [0.15, 0.2) is 0 Å². The normalized spacial score (nSPS) is 19.7. The number of hydrogen-bond acceptors (Lipinski definition) is 3. The highest BCUT2D eigenvalue weighted by molar-refractivity contribution is 5.74. The van der Waals surface area contributed by atoms with Crippen LogP contribution in [0.1, 0.15) is 55.0 Å². The van der Waals surface area contributed by atoms with E-state index < -0.39 is 0 Å². The van der Waals surface area contributed by atoms with Gasteiger partial charge < -0.3 is 15.7 Å². The van der Waals surface area contributed by atoms with E-state index in [1.807, 2.05) is 29.1 Å². The van der Waals surface area contributed by atoms with E-state index in [1.54, 1.807) is 12.1 Å². The number of nitrogens with zero attached hydrogens (tertiary/aromatic N) is 2. The first-order chi connectivity index (χ1) is 17.0. The van der Waals surface area contributed by atoms with Crippen LogP contribution in [0.3, 0.4) is 0 Å². The summed E-state index contributed by atoms with van der Waals surface area (Å²) in [7, 11) is 0. The Morgan fingerprint density at radius 3 is 2.71 bits per heavy atom. The van der Waals surface area contributed by atoms with E-state index in [-0.39, 0.29) is 37.0 Å². The lowest BCUT2D eigenvalue weighted by atomic mass is 9.78. The molecular weight excluding hydrogens is 443 g/mol. The standard InChI is InChI=1S/C28H31FN4O2/c1-18-24-17-31-33(23-11-9-22(29)10-12-23)26(24)16-21-8-7-20(27(18)21)15-25(19-5-3-2-4-6-19)32-28(35)30-13-14-34/h2-6,9-12,17-18,20,25,34H,7-8,13-16H2,1H3,(H2,30,32,35)/t18-,20+,25?/m0/s1. The maximum atomic E-state index is 13.4. The summed E-state index contributed by atoms with van der Waals surface area (Å²) in [4.78, 5) is 12.4. The summed E-state index contributed by atoms with van der Waals surface area (Å²) in [5.41, 5.74) is 7.31. The molecule has 3 atom stereocenters. The van der Waals surface area contributed by atoms with Crippen LogP contribution in [-0.2, 0) is 6.42 Å².